The van der Waals surface area contributed by atoms with Crippen LogP contribution in [-0.4, -0.2) is 127 Å². The molecule has 2 N–H and O–H groups in total. The summed E-state index contributed by atoms with van der Waals surface area (Å²) in [6.07, 6.45) is 7.80. The van der Waals surface area contributed by atoms with E-state index in [1.165, 1.54) is 59.4 Å². The third-order valence-corrected chi connectivity index (χ3v) is 17.2. The number of likely N-dealkylation sites (N-methyl/N-ethyl adjacent to an activating group) is 1. The van der Waals surface area contributed by atoms with E-state index in [-0.39, 0.29) is 50.3 Å². The van der Waals surface area contributed by atoms with Gasteiger partial charge in [0.25, 0.3) is 10.0 Å². The highest BCUT2D eigenvalue weighted by Crippen LogP contribution is 2.44. The van der Waals surface area contributed by atoms with Crippen LogP contribution in [0.3, 0.4) is 0 Å². The molecule has 4 heterocycles. The monoisotopic (exact) mass is 1000 g/mol. The molecule has 4 aromatic rings. The standard InChI is InChI=1S/C49H61ClF4N8O2S3/c1-48(2)19-14-35(41(29-48)34-8-10-36(50)11-9-34)30-61-21-16-38(17-22-61)62-23-18-40-44(31-62)55-33-56-47(40)58-67(63,64)39-12-13-43(46(28-39)66-49(52,53)54)57-37(15-20-60-26-24-59(3)25-27-60)32-65-45-7-5-4-6-42(45)51/h4-13,28,33,37-38,57H,14-27,29-32H2,1-3H3,(H,55,56,58)/t37-/m1/s1. The van der Waals surface area contributed by atoms with Crippen molar-refractivity contribution in [3.63, 3.8) is 0 Å². The highest BCUT2D eigenvalue weighted by atomic mass is 35.5. The van der Waals surface area contributed by atoms with Crippen molar-refractivity contribution in [2.45, 2.75) is 97.6 Å². The first-order chi connectivity index (χ1) is 32.0. The molecule has 2 fully saturated rings. The lowest BCUT2D eigenvalue weighted by atomic mass is 9.72. The smallest absolute Gasteiger partial charge is 0.381 e. The molecule has 3 aliphatic heterocycles. The van der Waals surface area contributed by atoms with Gasteiger partial charge in [-0.1, -0.05) is 55.3 Å². The number of thioether (sulfide) groups is 2. The second-order valence-electron chi connectivity index (χ2n) is 19.1. The summed E-state index contributed by atoms with van der Waals surface area (Å²) < 4.78 is 87.6. The van der Waals surface area contributed by atoms with Crippen molar-refractivity contribution < 1.29 is 26.0 Å². The van der Waals surface area contributed by atoms with Gasteiger partial charge in [-0.2, -0.15) is 13.2 Å². The summed E-state index contributed by atoms with van der Waals surface area (Å²) >= 11 is 7.17. The quantitative estimate of drug-likeness (QED) is 0.0830. The number of alkyl halides is 3. The van der Waals surface area contributed by atoms with E-state index in [2.05, 4.69) is 72.6 Å². The molecule has 0 spiro atoms. The van der Waals surface area contributed by atoms with Crippen LogP contribution >= 0.6 is 35.1 Å². The molecule has 1 atom stereocenters. The van der Waals surface area contributed by atoms with E-state index in [4.69, 9.17) is 11.6 Å². The van der Waals surface area contributed by atoms with Gasteiger partial charge in [0, 0.05) is 96.3 Å². The Hall–Kier alpha value is -3.42. The molecule has 8 rings (SSSR count). The lowest BCUT2D eigenvalue weighted by molar-refractivity contribution is -0.0328. The van der Waals surface area contributed by atoms with Gasteiger partial charge in [-0.05, 0) is 136 Å². The van der Waals surface area contributed by atoms with E-state index in [1.54, 1.807) is 18.2 Å². The topological polar surface area (TPSA) is 96.9 Å². The van der Waals surface area contributed by atoms with Gasteiger partial charge in [-0.25, -0.2) is 22.8 Å². The number of benzene rings is 3. The number of likely N-dealkylation sites (tertiary alicyclic amines) is 1. The van der Waals surface area contributed by atoms with Crippen LogP contribution in [0.2, 0.25) is 5.02 Å². The average Bonchev–Trinajstić information content (AvgIpc) is 3.29. The van der Waals surface area contributed by atoms with Crippen molar-refractivity contribution in [3.8, 4) is 0 Å². The van der Waals surface area contributed by atoms with Gasteiger partial charge >= 0.3 is 5.51 Å². The molecule has 1 aromatic heterocycles. The van der Waals surface area contributed by atoms with Gasteiger partial charge in [-0.3, -0.25) is 14.5 Å². The number of hydrogen-bond acceptors (Lipinski definition) is 11. The predicted molar refractivity (Wildman–Crippen MR) is 264 cm³/mol. The van der Waals surface area contributed by atoms with Gasteiger partial charge in [0.2, 0.25) is 0 Å². The molecular weight excluding hydrogens is 940 g/mol. The summed E-state index contributed by atoms with van der Waals surface area (Å²) in [6, 6.07) is 18.5. The zero-order valence-corrected chi connectivity index (χ0v) is 41.6. The van der Waals surface area contributed by atoms with Gasteiger partial charge < -0.3 is 15.1 Å². The first-order valence-electron chi connectivity index (χ1n) is 23.2. The number of sulfonamides is 1. The molecule has 4 aliphatic rings. The van der Waals surface area contributed by atoms with E-state index in [0.29, 0.717) is 54.7 Å². The van der Waals surface area contributed by atoms with Crippen LogP contribution in [0.4, 0.5) is 29.1 Å². The lowest BCUT2D eigenvalue weighted by Crippen LogP contribution is -2.47. The Morgan fingerprint density at radius 3 is 2.39 bits per heavy atom. The molecule has 0 amide bonds. The summed E-state index contributed by atoms with van der Waals surface area (Å²) in [4.78, 5) is 18.3. The Bertz CT molecular complexity index is 2480. The zero-order chi connectivity index (χ0) is 47.3. The third-order valence-electron chi connectivity index (χ3n) is 13.6. The molecule has 2 saturated heterocycles. The van der Waals surface area contributed by atoms with Gasteiger partial charge in [0.05, 0.1) is 10.6 Å². The van der Waals surface area contributed by atoms with Crippen LogP contribution in [0.1, 0.15) is 69.2 Å². The van der Waals surface area contributed by atoms with Crippen molar-refractivity contribution in [1.29, 1.82) is 0 Å². The Morgan fingerprint density at radius 2 is 1.66 bits per heavy atom. The molecule has 0 saturated carbocycles. The SMILES string of the molecule is CN1CCN(CC[C@H](CSc2ccccc2F)Nc2ccc(S(=O)(=O)Nc3ncnc4c3CCN(C3CCN(CC5=C(c6ccc(Cl)cc6)CC(C)(C)CC5)CC3)C4)cc2SC(F)(F)F)CC1. The van der Waals surface area contributed by atoms with E-state index in [1.807, 2.05) is 12.1 Å². The van der Waals surface area contributed by atoms with Crippen LogP contribution in [0, 0.1) is 11.2 Å². The molecular formula is C49H61ClF4N8O2S3. The molecule has 3 aromatic carbocycles. The molecule has 0 unspecified atom stereocenters. The first kappa shape index (κ1) is 50.0. The number of piperazine rings is 1. The number of fused-ring (bicyclic) bond motifs is 1. The fraction of sp³-hybridized carbons (Fsp3) is 0.510. The molecule has 0 radical (unpaired) electrons. The van der Waals surface area contributed by atoms with E-state index in [9.17, 15) is 26.0 Å². The Morgan fingerprint density at radius 1 is 0.910 bits per heavy atom. The molecule has 18 heteroatoms. The highest BCUT2D eigenvalue weighted by Gasteiger charge is 2.35. The number of hydrogen-bond donors (Lipinski definition) is 2. The van der Waals surface area contributed by atoms with E-state index < -0.39 is 15.5 Å². The second-order valence-corrected chi connectivity index (χ2v) is 23.4. The number of piperidine rings is 1. The van der Waals surface area contributed by atoms with Gasteiger partial charge in [0.1, 0.15) is 18.0 Å². The summed E-state index contributed by atoms with van der Waals surface area (Å²) in [5.41, 5.74) is 1.39. The number of aromatic nitrogens is 2. The highest BCUT2D eigenvalue weighted by molar-refractivity contribution is 8.00. The fourth-order valence-electron chi connectivity index (χ4n) is 9.71. The van der Waals surface area contributed by atoms with Crippen molar-refractivity contribution >= 4 is 62.2 Å². The summed E-state index contributed by atoms with van der Waals surface area (Å²) in [7, 11) is -2.30. The molecule has 67 heavy (non-hydrogen) atoms. The Balaban J connectivity index is 0.924. The summed E-state index contributed by atoms with van der Waals surface area (Å²) in [5.74, 6) is 0.156. The predicted octanol–water partition coefficient (Wildman–Crippen LogP) is 10.4. The van der Waals surface area contributed by atoms with Crippen molar-refractivity contribution in [3.05, 3.63) is 106 Å². The molecule has 0 bridgehead atoms. The minimum Gasteiger partial charge on any atom is -0.381 e. The largest absolute Gasteiger partial charge is 0.446 e. The van der Waals surface area contributed by atoms with Crippen LogP contribution in [0.5, 0.6) is 0 Å². The van der Waals surface area contributed by atoms with Crippen LogP contribution in [0.15, 0.2) is 93.3 Å². The summed E-state index contributed by atoms with van der Waals surface area (Å²) in [6.45, 7) is 13.2. The lowest BCUT2D eigenvalue weighted by Gasteiger charge is -2.41. The molecule has 1 aliphatic carbocycles. The molecule has 362 valence electrons. The van der Waals surface area contributed by atoms with Crippen LogP contribution in [0.25, 0.3) is 5.57 Å². The van der Waals surface area contributed by atoms with Crippen molar-refractivity contribution in [2.24, 2.45) is 5.41 Å². The maximum atomic E-state index is 14.6. The Labute approximate surface area is 406 Å². The number of halogens is 5. The first-order valence-corrected chi connectivity index (χ1v) is 26.9. The number of allylic oxidation sites excluding steroid dienone is 1. The van der Waals surface area contributed by atoms with Gasteiger partial charge in [-0.15, -0.1) is 11.8 Å². The third kappa shape index (κ3) is 13.5. The molecule has 10 nitrogen and oxygen atoms in total. The maximum Gasteiger partial charge on any atom is 0.446 e. The average molecular weight is 1000 g/mol. The normalized spacial score (nSPS) is 19.9. The fourth-order valence-corrected chi connectivity index (χ4v) is 12.7. The Kier molecular flexibility index (Phi) is 16.2. The zero-order valence-electron chi connectivity index (χ0n) is 38.4. The van der Waals surface area contributed by atoms with Crippen molar-refractivity contribution in [1.82, 2.24) is 29.6 Å². The summed E-state index contributed by atoms with van der Waals surface area (Å²) in [5, 5.41) is 4.04. The number of nitrogens with zero attached hydrogens (tertiary/aromatic N) is 6. The maximum absolute atomic E-state index is 14.6. The minimum atomic E-state index is -4.69. The number of rotatable bonds is 16. The second kappa shape index (κ2) is 21.7. The van der Waals surface area contributed by atoms with Gasteiger partial charge in [0.15, 0.2) is 0 Å². The van der Waals surface area contributed by atoms with Crippen LogP contribution in [-0.2, 0) is 23.0 Å². The number of anilines is 2. The van der Waals surface area contributed by atoms with Crippen LogP contribution < -0.4 is 10.0 Å². The van der Waals surface area contributed by atoms with E-state index in [0.717, 1.165) is 88.3 Å². The minimum absolute atomic E-state index is 0.140. The number of nitrogens with one attached hydrogen (secondary N) is 2. The van der Waals surface area contributed by atoms with Crippen molar-refractivity contribution in [2.75, 3.05) is 81.7 Å². The van der Waals surface area contributed by atoms with E-state index >= 15 is 0 Å².